The Kier molecular flexibility index (Phi) is 8.06. The van der Waals surface area contributed by atoms with Crippen LogP contribution in [-0.4, -0.2) is 37.0 Å². The van der Waals surface area contributed by atoms with Crippen molar-refractivity contribution in [3.8, 4) is 0 Å². The van der Waals surface area contributed by atoms with Crippen molar-refractivity contribution in [1.82, 2.24) is 16.0 Å². The Morgan fingerprint density at radius 1 is 1.22 bits per heavy atom. The van der Waals surface area contributed by atoms with Crippen LogP contribution in [0.4, 0.5) is 0 Å². The van der Waals surface area contributed by atoms with Gasteiger partial charge in [0.15, 0.2) is 0 Å². The molecule has 23 heavy (non-hydrogen) atoms. The Morgan fingerprint density at radius 3 is 2.48 bits per heavy atom. The summed E-state index contributed by atoms with van der Waals surface area (Å²) in [5.41, 5.74) is 0.570. The third kappa shape index (κ3) is 5.84. The van der Waals surface area contributed by atoms with E-state index >= 15 is 0 Å². The molecule has 0 aliphatic carbocycles. The molecule has 1 fully saturated rings. The average Bonchev–Trinajstić information content (AvgIpc) is 2.53. The Labute approximate surface area is 144 Å². The van der Waals surface area contributed by atoms with Gasteiger partial charge < -0.3 is 16.0 Å². The van der Waals surface area contributed by atoms with E-state index in [1.165, 1.54) is 0 Å². The number of piperidine rings is 1. The second-order valence-electron chi connectivity index (χ2n) is 6.11. The molecule has 1 aliphatic rings. The first-order valence-electron chi connectivity index (χ1n) is 7.95. The molecule has 0 spiro atoms. The maximum Gasteiger partial charge on any atom is 0.251 e. The molecule has 0 aromatic heterocycles. The van der Waals surface area contributed by atoms with E-state index < -0.39 is 6.04 Å². The fourth-order valence-electron chi connectivity index (χ4n) is 2.62. The quantitative estimate of drug-likeness (QED) is 0.765. The largest absolute Gasteiger partial charge is 0.350 e. The van der Waals surface area contributed by atoms with Gasteiger partial charge in [-0.15, -0.1) is 12.4 Å². The maximum absolute atomic E-state index is 12.5. The van der Waals surface area contributed by atoms with Crippen molar-refractivity contribution >= 4 is 24.2 Å². The van der Waals surface area contributed by atoms with Crippen LogP contribution in [0.25, 0.3) is 0 Å². The molecule has 2 atom stereocenters. The van der Waals surface area contributed by atoms with Crippen molar-refractivity contribution in [3.63, 3.8) is 0 Å². The first-order valence-corrected chi connectivity index (χ1v) is 7.95. The van der Waals surface area contributed by atoms with Crippen molar-refractivity contribution in [1.29, 1.82) is 0 Å². The molecule has 0 radical (unpaired) electrons. The number of hydrogen-bond acceptors (Lipinski definition) is 3. The van der Waals surface area contributed by atoms with E-state index in [2.05, 4.69) is 16.0 Å². The molecule has 5 nitrogen and oxygen atoms in total. The van der Waals surface area contributed by atoms with Crippen molar-refractivity contribution in [2.75, 3.05) is 13.1 Å². The van der Waals surface area contributed by atoms with E-state index in [1.807, 2.05) is 32.0 Å². The summed E-state index contributed by atoms with van der Waals surface area (Å²) in [7, 11) is 0. The van der Waals surface area contributed by atoms with E-state index in [4.69, 9.17) is 0 Å². The highest BCUT2D eigenvalue weighted by Crippen LogP contribution is 2.07. The van der Waals surface area contributed by atoms with Gasteiger partial charge in [0.25, 0.3) is 5.91 Å². The lowest BCUT2D eigenvalue weighted by Crippen LogP contribution is -2.54. The minimum absolute atomic E-state index is 0. The Morgan fingerprint density at radius 2 is 1.91 bits per heavy atom. The summed E-state index contributed by atoms with van der Waals surface area (Å²) in [6.07, 6.45) is 2.05. The van der Waals surface area contributed by atoms with E-state index in [0.29, 0.717) is 5.56 Å². The number of halogens is 1. The fourth-order valence-corrected chi connectivity index (χ4v) is 2.62. The van der Waals surface area contributed by atoms with Crippen molar-refractivity contribution in [2.45, 2.75) is 38.8 Å². The molecule has 1 aliphatic heterocycles. The minimum Gasteiger partial charge on any atom is -0.350 e. The lowest BCUT2D eigenvalue weighted by Gasteiger charge is -2.28. The van der Waals surface area contributed by atoms with E-state index in [9.17, 15) is 9.59 Å². The summed E-state index contributed by atoms with van der Waals surface area (Å²) in [4.78, 5) is 24.7. The molecule has 1 aromatic rings. The zero-order valence-electron chi connectivity index (χ0n) is 13.7. The molecular formula is C17H26ClN3O2. The number of nitrogens with one attached hydrogen (secondary N) is 3. The molecule has 6 heteroatoms. The summed E-state index contributed by atoms with van der Waals surface area (Å²) in [5, 5.41) is 9.16. The van der Waals surface area contributed by atoms with Crippen molar-refractivity contribution in [2.24, 2.45) is 5.92 Å². The molecule has 1 unspecified atom stereocenters. The smallest absolute Gasteiger partial charge is 0.251 e. The van der Waals surface area contributed by atoms with Gasteiger partial charge in [-0.2, -0.15) is 0 Å². The predicted molar refractivity (Wildman–Crippen MR) is 93.8 cm³/mol. The van der Waals surface area contributed by atoms with Crippen LogP contribution < -0.4 is 16.0 Å². The molecule has 3 N–H and O–H groups in total. The number of carbonyl (C=O) groups excluding carboxylic acids is 2. The normalized spacial score (nSPS) is 18.7. The SMILES string of the molecule is CC(C)C(NC(=O)c1ccccc1)C(=O)N[C@H]1CCCNC1.Cl. The van der Waals surface area contributed by atoms with Crippen LogP contribution in [0.5, 0.6) is 0 Å². The van der Waals surface area contributed by atoms with Gasteiger partial charge in [0.1, 0.15) is 6.04 Å². The molecular weight excluding hydrogens is 314 g/mol. The second kappa shape index (κ2) is 9.53. The van der Waals surface area contributed by atoms with E-state index in [0.717, 1.165) is 25.9 Å². The van der Waals surface area contributed by atoms with Crippen LogP contribution in [-0.2, 0) is 4.79 Å². The highest BCUT2D eigenvalue weighted by molar-refractivity contribution is 5.97. The van der Waals surface area contributed by atoms with Gasteiger partial charge in [-0.05, 0) is 37.4 Å². The van der Waals surface area contributed by atoms with Crippen LogP contribution in [0, 0.1) is 5.92 Å². The number of hydrogen-bond donors (Lipinski definition) is 3. The van der Waals surface area contributed by atoms with Crippen LogP contribution in [0.3, 0.4) is 0 Å². The average molecular weight is 340 g/mol. The molecule has 1 saturated heterocycles. The minimum atomic E-state index is -0.519. The highest BCUT2D eigenvalue weighted by Gasteiger charge is 2.26. The summed E-state index contributed by atoms with van der Waals surface area (Å²) in [5.74, 6) is -0.284. The van der Waals surface area contributed by atoms with Gasteiger partial charge in [0, 0.05) is 18.2 Å². The number of benzene rings is 1. The second-order valence-corrected chi connectivity index (χ2v) is 6.11. The lowest BCUT2D eigenvalue weighted by molar-refractivity contribution is -0.124. The van der Waals surface area contributed by atoms with Gasteiger partial charge >= 0.3 is 0 Å². The van der Waals surface area contributed by atoms with Crippen LogP contribution in [0.1, 0.15) is 37.0 Å². The standard InChI is InChI=1S/C17H25N3O2.ClH/c1-12(2)15(17(22)19-14-9-6-10-18-11-14)20-16(21)13-7-4-3-5-8-13;/h3-5,7-8,12,14-15,18H,6,9-11H2,1-2H3,(H,19,22)(H,20,21);1H/t14-,15?;/m0./s1. The molecule has 128 valence electrons. The zero-order valence-corrected chi connectivity index (χ0v) is 14.5. The molecule has 2 rings (SSSR count). The fraction of sp³-hybridized carbons (Fsp3) is 0.529. The molecule has 1 heterocycles. The van der Waals surface area contributed by atoms with E-state index in [-0.39, 0.29) is 36.2 Å². The van der Waals surface area contributed by atoms with E-state index in [1.54, 1.807) is 12.1 Å². The topological polar surface area (TPSA) is 70.2 Å². The van der Waals surface area contributed by atoms with Crippen LogP contribution in [0.2, 0.25) is 0 Å². The molecule has 0 bridgehead atoms. The van der Waals surface area contributed by atoms with Gasteiger partial charge in [0.05, 0.1) is 0 Å². The van der Waals surface area contributed by atoms with Crippen molar-refractivity contribution in [3.05, 3.63) is 35.9 Å². The van der Waals surface area contributed by atoms with Gasteiger partial charge in [0.2, 0.25) is 5.91 Å². The predicted octanol–water partition coefficient (Wildman–Crippen LogP) is 1.73. The summed E-state index contributed by atoms with van der Waals surface area (Å²) in [6, 6.07) is 8.61. The van der Waals surface area contributed by atoms with Gasteiger partial charge in [-0.3, -0.25) is 9.59 Å². The lowest BCUT2D eigenvalue weighted by atomic mass is 10.0. The van der Waals surface area contributed by atoms with Crippen LogP contribution >= 0.6 is 12.4 Å². The molecule has 0 saturated carbocycles. The Hall–Kier alpha value is -1.59. The number of rotatable bonds is 5. The summed E-state index contributed by atoms with van der Waals surface area (Å²) < 4.78 is 0. The zero-order chi connectivity index (χ0) is 15.9. The third-order valence-electron chi connectivity index (χ3n) is 3.91. The summed E-state index contributed by atoms with van der Waals surface area (Å²) >= 11 is 0. The third-order valence-corrected chi connectivity index (χ3v) is 3.91. The first-order chi connectivity index (χ1) is 10.6. The number of carbonyl (C=O) groups is 2. The number of amides is 2. The monoisotopic (exact) mass is 339 g/mol. The molecule has 2 amide bonds. The maximum atomic E-state index is 12.5. The molecule has 1 aromatic carbocycles. The highest BCUT2D eigenvalue weighted by atomic mass is 35.5. The Bertz CT molecular complexity index is 502. The summed E-state index contributed by atoms with van der Waals surface area (Å²) in [6.45, 7) is 5.68. The van der Waals surface area contributed by atoms with Gasteiger partial charge in [-0.1, -0.05) is 32.0 Å². The van der Waals surface area contributed by atoms with Crippen molar-refractivity contribution < 1.29 is 9.59 Å². The first kappa shape index (κ1) is 19.5. The van der Waals surface area contributed by atoms with Crippen LogP contribution in [0.15, 0.2) is 30.3 Å². The Balaban J connectivity index is 0.00000264. The van der Waals surface area contributed by atoms with Gasteiger partial charge in [-0.25, -0.2) is 0 Å².